The van der Waals surface area contributed by atoms with Crippen molar-refractivity contribution in [3.05, 3.63) is 23.8 Å². The van der Waals surface area contributed by atoms with Crippen molar-refractivity contribution >= 4 is 5.69 Å². The number of aryl methyl sites for hydroxylation is 1. The Balaban J connectivity index is 1.74. The molecule has 2 rings (SSSR count). The summed E-state index contributed by atoms with van der Waals surface area (Å²) in [7, 11) is 0. The van der Waals surface area contributed by atoms with Gasteiger partial charge in [0.05, 0.1) is 19.8 Å². The number of nitrogen functional groups attached to an aromatic ring is 1. The first-order chi connectivity index (χ1) is 9.16. The van der Waals surface area contributed by atoms with Crippen molar-refractivity contribution in [1.29, 1.82) is 0 Å². The van der Waals surface area contributed by atoms with Crippen LogP contribution in [0.15, 0.2) is 18.2 Å². The predicted octanol–water partition coefficient (Wildman–Crippen LogP) is 2.07. The Kier molecular flexibility index (Phi) is 5.05. The van der Waals surface area contributed by atoms with Gasteiger partial charge >= 0.3 is 0 Å². The molecule has 1 atom stereocenters. The van der Waals surface area contributed by atoms with E-state index < -0.39 is 0 Å². The van der Waals surface area contributed by atoms with Crippen molar-refractivity contribution in [3.63, 3.8) is 0 Å². The Morgan fingerprint density at radius 3 is 2.79 bits per heavy atom. The highest BCUT2D eigenvalue weighted by Crippen LogP contribution is 2.19. The summed E-state index contributed by atoms with van der Waals surface area (Å²) in [5, 5.41) is 0. The predicted molar refractivity (Wildman–Crippen MR) is 77.6 cm³/mol. The number of nitrogens with zero attached hydrogens (tertiary/aromatic N) is 1. The number of anilines is 1. The molecule has 0 radical (unpaired) electrons. The normalized spacial score (nSPS) is 18.2. The standard InChI is InChI=1S/C15H24N2O2/c1-12-11-14(3-4-15(12)16)19-8-5-13(2)17-6-9-18-10-7-17/h3-4,11,13H,5-10,16H2,1-2H3. The van der Waals surface area contributed by atoms with Crippen molar-refractivity contribution < 1.29 is 9.47 Å². The second kappa shape index (κ2) is 6.78. The molecular formula is C15H24N2O2. The zero-order valence-corrected chi connectivity index (χ0v) is 11.9. The number of benzene rings is 1. The van der Waals surface area contributed by atoms with Gasteiger partial charge in [0.2, 0.25) is 0 Å². The molecule has 4 nitrogen and oxygen atoms in total. The summed E-state index contributed by atoms with van der Waals surface area (Å²) in [6.07, 6.45) is 1.03. The van der Waals surface area contributed by atoms with Gasteiger partial charge in [-0.25, -0.2) is 0 Å². The van der Waals surface area contributed by atoms with E-state index in [4.69, 9.17) is 15.2 Å². The van der Waals surface area contributed by atoms with Crippen LogP contribution >= 0.6 is 0 Å². The summed E-state index contributed by atoms with van der Waals surface area (Å²) in [6, 6.07) is 6.37. The van der Waals surface area contributed by atoms with Gasteiger partial charge in [-0.05, 0) is 44.0 Å². The summed E-state index contributed by atoms with van der Waals surface area (Å²) >= 11 is 0. The van der Waals surface area contributed by atoms with Gasteiger partial charge in [-0.1, -0.05) is 0 Å². The summed E-state index contributed by atoms with van der Waals surface area (Å²) in [6.45, 7) is 8.75. The fourth-order valence-electron chi connectivity index (χ4n) is 2.29. The lowest BCUT2D eigenvalue weighted by atomic mass is 10.2. The van der Waals surface area contributed by atoms with Gasteiger partial charge < -0.3 is 15.2 Å². The van der Waals surface area contributed by atoms with E-state index in [1.165, 1.54) is 0 Å². The minimum atomic E-state index is 0.541. The number of rotatable bonds is 5. The number of nitrogens with two attached hydrogens (primary N) is 1. The average Bonchev–Trinajstić information content (AvgIpc) is 2.43. The lowest BCUT2D eigenvalue weighted by molar-refractivity contribution is 0.0161. The molecule has 0 saturated carbocycles. The fraction of sp³-hybridized carbons (Fsp3) is 0.600. The molecule has 1 aromatic carbocycles. The van der Waals surface area contributed by atoms with Gasteiger partial charge in [0.1, 0.15) is 5.75 Å². The zero-order valence-electron chi connectivity index (χ0n) is 11.9. The van der Waals surface area contributed by atoms with E-state index in [0.29, 0.717) is 6.04 Å². The number of hydrogen-bond acceptors (Lipinski definition) is 4. The number of ether oxygens (including phenoxy) is 2. The Hall–Kier alpha value is -1.26. The van der Waals surface area contributed by atoms with Crippen LogP contribution in [0.2, 0.25) is 0 Å². The largest absolute Gasteiger partial charge is 0.494 e. The van der Waals surface area contributed by atoms with Gasteiger partial charge in [0, 0.05) is 24.8 Å². The maximum atomic E-state index is 5.79. The third kappa shape index (κ3) is 4.11. The summed E-state index contributed by atoms with van der Waals surface area (Å²) in [5.74, 6) is 0.904. The molecule has 1 saturated heterocycles. The molecule has 1 unspecified atom stereocenters. The van der Waals surface area contributed by atoms with Gasteiger partial charge in [-0.15, -0.1) is 0 Å². The Bertz CT molecular complexity index is 403. The molecule has 1 heterocycles. The molecule has 0 bridgehead atoms. The smallest absolute Gasteiger partial charge is 0.119 e. The molecule has 19 heavy (non-hydrogen) atoms. The number of hydrogen-bond donors (Lipinski definition) is 1. The Morgan fingerprint density at radius 2 is 2.11 bits per heavy atom. The van der Waals surface area contributed by atoms with E-state index in [1.54, 1.807) is 0 Å². The molecule has 1 aliphatic heterocycles. The van der Waals surface area contributed by atoms with E-state index in [2.05, 4.69) is 11.8 Å². The van der Waals surface area contributed by atoms with Gasteiger partial charge in [0.25, 0.3) is 0 Å². The van der Waals surface area contributed by atoms with Crippen LogP contribution in [-0.4, -0.2) is 43.9 Å². The van der Waals surface area contributed by atoms with Crippen LogP contribution in [0, 0.1) is 6.92 Å². The minimum absolute atomic E-state index is 0.541. The van der Waals surface area contributed by atoms with Crippen LogP contribution in [0.25, 0.3) is 0 Å². The van der Waals surface area contributed by atoms with Crippen molar-refractivity contribution in [2.24, 2.45) is 0 Å². The van der Waals surface area contributed by atoms with Crippen molar-refractivity contribution in [3.8, 4) is 5.75 Å². The topological polar surface area (TPSA) is 47.7 Å². The van der Waals surface area contributed by atoms with Gasteiger partial charge in [0.15, 0.2) is 0 Å². The maximum Gasteiger partial charge on any atom is 0.119 e. The molecule has 0 amide bonds. The summed E-state index contributed by atoms with van der Waals surface area (Å²) in [5.41, 5.74) is 7.67. The van der Waals surface area contributed by atoms with E-state index >= 15 is 0 Å². The van der Waals surface area contributed by atoms with Crippen LogP contribution < -0.4 is 10.5 Å². The molecule has 1 fully saturated rings. The van der Waals surface area contributed by atoms with Crippen LogP contribution in [-0.2, 0) is 4.74 Å². The fourth-order valence-corrected chi connectivity index (χ4v) is 2.29. The van der Waals surface area contributed by atoms with Gasteiger partial charge in [-0.2, -0.15) is 0 Å². The summed E-state index contributed by atoms with van der Waals surface area (Å²) < 4.78 is 11.2. The highest BCUT2D eigenvalue weighted by molar-refractivity contribution is 5.49. The van der Waals surface area contributed by atoms with Gasteiger partial charge in [-0.3, -0.25) is 4.90 Å². The molecule has 4 heteroatoms. The lowest BCUT2D eigenvalue weighted by Gasteiger charge is -2.32. The van der Waals surface area contributed by atoms with Crippen molar-refractivity contribution in [2.45, 2.75) is 26.3 Å². The molecule has 0 spiro atoms. The first-order valence-electron chi connectivity index (χ1n) is 6.97. The van der Waals surface area contributed by atoms with E-state index in [-0.39, 0.29) is 0 Å². The lowest BCUT2D eigenvalue weighted by Crippen LogP contribution is -2.42. The SMILES string of the molecule is Cc1cc(OCCC(C)N2CCOCC2)ccc1N. The average molecular weight is 264 g/mol. The van der Waals surface area contributed by atoms with Crippen LogP contribution in [0.1, 0.15) is 18.9 Å². The van der Waals surface area contributed by atoms with Crippen LogP contribution in [0.3, 0.4) is 0 Å². The van der Waals surface area contributed by atoms with E-state index in [9.17, 15) is 0 Å². The second-order valence-electron chi connectivity index (χ2n) is 5.15. The van der Waals surface area contributed by atoms with Crippen LogP contribution in [0.5, 0.6) is 5.75 Å². The first kappa shape index (κ1) is 14.2. The minimum Gasteiger partial charge on any atom is -0.494 e. The number of morpholine rings is 1. The first-order valence-corrected chi connectivity index (χ1v) is 6.97. The third-order valence-corrected chi connectivity index (χ3v) is 3.71. The molecule has 106 valence electrons. The van der Waals surface area contributed by atoms with E-state index in [0.717, 1.165) is 56.3 Å². The summed E-state index contributed by atoms with van der Waals surface area (Å²) in [4.78, 5) is 2.46. The molecule has 0 aromatic heterocycles. The monoisotopic (exact) mass is 264 g/mol. The molecule has 1 aliphatic rings. The third-order valence-electron chi connectivity index (χ3n) is 3.71. The quantitative estimate of drug-likeness (QED) is 0.827. The van der Waals surface area contributed by atoms with E-state index in [1.807, 2.05) is 25.1 Å². The van der Waals surface area contributed by atoms with Crippen molar-refractivity contribution in [2.75, 3.05) is 38.6 Å². The molecule has 0 aliphatic carbocycles. The molecule has 2 N–H and O–H groups in total. The van der Waals surface area contributed by atoms with Crippen molar-refractivity contribution in [1.82, 2.24) is 4.90 Å². The molecular weight excluding hydrogens is 240 g/mol. The maximum absolute atomic E-state index is 5.79. The Morgan fingerprint density at radius 1 is 1.37 bits per heavy atom. The Labute approximate surface area is 115 Å². The second-order valence-corrected chi connectivity index (χ2v) is 5.15. The highest BCUT2D eigenvalue weighted by atomic mass is 16.5. The zero-order chi connectivity index (χ0) is 13.7. The molecule has 1 aromatic rings. The van der Waals surface area contributed by atoms with Crippen LogP contribution in [0.4, 0.5) is 5.69 Å². The highest BCUT2D eigenvalue weighted by Gasteiger charge is 2.16.